The molecule has 0 radical (unpaired) electrons. The maximum absolute atomic E-state index is 4.04. The van der Waals surface area contributed by atoms with Crippen LogP contribution in [0.4, 0.5) is 0 Å². The fourth-order valence-corrected chi connectivity index (χ4v) is 4.80. The molecule has 0 aromatic carbocycles. The molecule has 1 aliphatic carbocycles. The van der Waals surface area contributed by atoms with E-state index >= 15 is 0 Å². The number of nitrogens with zero attached hydrogens (tertiary/aromatic N) is 1. The lowest BCUT2D eigenvalue weighted by Crippen LogP contribution is -2.56. The van der Waals surface area contributed by atoms with E-state index in [1.54, 1.807) is 0 Å². The Morgan fingerprint density at radius 2 is 1.67 bits per heavy atom. The summed E-state index contributed by atoms with van der Waals surface area (Å²) in [5.41, 5.74) is 0. The molecule has 0 amide bonds. The van der Waals surface area contributed by atoms with Gasteiger partial charge in [0.2, 0.25) is 0 Å². The van der Waals surface area contributed by atoms with Crippen molar-refractivity contribution >= 4 is 0 Å². The summed E-state index contributed by atoms with van der Waals surface area (Å²) in [5.74, 6) is 0.962. The summed E-state index contributed by atoms with van der Waals surface area (Å²) in [7, 11) is 2.36. The monoisotopic (exact) mass is 250 g/mol. The molecule has 2 heteroatoms. The van der Waals surface area contributed by atoms with Crippen molar-refractivity contribution < 1.29 is 0 Å². The number of hydrogen-bond acceptors (Lipinski definition) is 2. The molecule has 2 nitrogen and oxygen atoms in total. The molecule has 3 fully saturated rings. The molecule has 1 N–H and O–H groups in total. The summed E-state index contributed by atoms with van der Waals surface area (Å²) in [6.07, 6.45) is 12.9. The molecule has 2 saturated heterocycles. The molecule has 0 spiro atoms. The van der Waals surface area contributed by atoms with E-state index < -0.39 is 0 Å². The van der Waals surface area contributed by atoms with Crippen LogP contribution in [0.2, 0.25) is 0 Å². The summed E-state index contributed by atoms with van der Waals surface area (Å²) < 4.78 is 0. The van der Waals surface area contributed by atoms with Crippen LogP contribution in [0.15, 0.2) is 0 Å². The Hall–Kier alpha value is -0.0800. The molecule has 4 unspecified atom stereocenters. The normalized spacial score (nSPS) is 45.3. The minimum Gasteiger partial charge on any atom is -0.311 e. The first kappa shape index (κ1) is 12.9. The summed E-state index contributed by atoms with van der Waals surface area (Å²) in [4.78, 5) is 2.67. The van der Waals surface area contributed by atoms with E-state index in [9.17, 15) is 0 Å². The fraction of sp³-hybridized carbons (Fsp3) is 1.00. The van der Waals surface area contributed by atoms with Crippen LogP contribution < -0.4 is 5.32 Å². The Kier molecular flexibility index (Phi) is 3.95. The van der Waals surface area contributed by atoms with Gasteiger partial charge in [-0.2, -0.15) is 0 Å². The Balaban J connectivity index is 1.57. The van der Waals surface area contributed by atoms with Gasteiger partial charge in [0.1, 0.15) is 0 Å². The van der Waals surface area contributed by atoms with E-state index in [2.05, 4.69) is 24.2 Å². The minimum atomic E-state index is 0.814. The first-order valence-corrected chi connectivity index (χ1v) is 8.26. The molecule has 3 aliphatic rings. The van der Waals surface area contributed by atoms with Gasteiger partial charge in [0, 0.05) is 24.2 Å². The highest BCUT2D eigenvalue weighted by atomic mass is 15.2. The van der Waals surface area contributed by atoms with Gasteiger partial charge in [-0.25, -0.2) is 0 Å². The van der Waals surface area contributed by atoms with Crippen LogP contribution in [0.5, 0.6) is 0 Å². The largest absolute Gasteiger partial charge is 0.311 e. The standard InChI is InChI=1S/C16H30N2/c1-3-12-6-4-9-16(12)17-13-10-14-7-5-8-15(11-13)18(14)2/h12-17H,3-11H2,1-2H3. The highest BCUT2D eigenvalue weighted by Crippen LogP contribution is 2.35. The molecule has 2 heterocycles. The van der Waals surface area contributed by atoms with Crippen molar-refractivity contribution in [3.63, 3.8) is 0 Å². The first-order chi connectivity index (χ1) is 8.78. The second-order valence-electron chi connectivity index (χ2n) is 6.94. The second-order valence-corrected chi connectivity index (χ2v) is 6.94. The van der Waals surface area contributed by atoms with Crippen molar-refractivity contribution in [1.29, 1.82) is 0 Å². The van der Waals surface area contributed by atoms with Crippen LogP contribution in [-0.4, -0.2) is 36.1 Å². The molecule has 2 bridgehead atoms. The molecule has 3 rings (SSSR count). The van der Waals surface area contributed by atoms with E-state index in [0.29, 0.717) is 0 Å². The third-order valence-corrected chi connectivity index (χ3v) is 5.97. The highest BCUT2D eigenvalue weighted by Gasteiger charge is 2.37. The molecular formula is C16H30N2. The van der Waals surface area contributed by atoms with Gasteiger partial charge in [0.05, 0.1) is 0 Å². The van der Waals surface area contributed by atoms with Crippen LogP contribution in [0.25, 0.3) is 0 Å². The smallest absolute Gasteiger partial charge is 0.0110 e. The summed E-state index contributed by atoms with van der Waals surface area (Å²) in [5, 5.41) is 4.04. The van der Waals surface area contributed by atoms with Gasteiger partial charge in [0.25, 0.3) is 0 Å². The van der Waals surface area contributed by atoms with Crippen molar-refractivity contribution in [3.8, 4) is 0 Å². The predicted molar refractivity (Wildman–Crippen MR) is 76.8 cm³/mol. The second kappa shape index (κ2) is 5.50. The van der Waals surface area contributed by atoms with E-state index in [4.69, 9.17) is 0 Å². The van der Waals surface area contributed by atoms with E-state index in [0.717, 1.165) is 30.1 Å². The number of hydrogen-bond donors (Lipinski definition) is 1. The van der Waals surface area contributed by atoms with Gasteiger partial charge < -0.3 is 10.2 Å². The zero-order valence-corrected chi connectivity index (χ0v) is 12.2. The zero-order valence-electron chi connectivity index (χ0n) is 12.2. The van der Waals surface area contributed by atoms with Gasteiger partial charge in [-0.1, -0.05) is 26.2 Å². The van der Waals surface area contributed by atoms with E-state index in [1.807, 2.05) is 0 Å². The maximum Gasteiger partial charge on any atom is 0.0110 e. The molecule has 104 valence electrons. The number of rotatable bonds is 3. The van der Waals surface area contributed by atoms with Gasteiger partial charge in [-0.3, -0.25) is 0 Å². The summed E-state index contributed by atoms with van der Waals surface area (Å²) in [6, 6.07) is 3.39. The Morgan fingerprint density at radius 1 is 1.00 bits per heavy atom. The quantitative estimate of drug-likeness (QED) is 0.827. The molecule has 18 heavy (non-hydrogen) atoms. The van der Waals surface area contributed by atoms with Crippen LogP contribution in [0.1, 0.15) is 64.7 Å². The Morgan fingerprint density at radius 3 is 2.33 bits per heavy atom. The lowest BCUT2D eigenvalue weighted by atomic mass is 9.81. The lowest BCUT2D eigenvalue weighted by molar-refractivity contribution is 0.0444. The molecular weight excluding hydrogens is 220 g/mol. The maximum atomic E-state index is 4.04. The summed E-state index contributed by atoms with van der Waals surface area (Å²) >= 11 is 0. The average molecular weight is 250 g/mol. The first-order valence-electron chi connectivity index (χ1n) is 8.26. The third-order valence-electron chi connectivity index (χ3n) is 5.97. The van der Waals surface area contributed by atoms with Crippen molar-refractivity contribution in [3.05, 3.63) is 0 Å². The topological polar surface area (TPSA) is 15.3 Å². The van der Waals surface area contributed by atoms with Crippen LogP contribution >= 0.6 is 0 Å². The lowest BCUT2D eigenvalue weighted by Gasteiger charge is -2.48. The van der Waals surface area contributed by atoms with Gasteiger partial charge in [-0.05, 0) is 51.5 Å². The van der Waals surface area contributed by atoms with Gasteiger partial charge in [-0.15, -0.1) is 0 Å². The van der Waals surface area contributed by atoms with Crippen LogP contribution in [0.3, 0.4) is 0 Å². The van der Waals surface area contributed by atoms with Crippen molar-refractivity contribution in [2.45, 2.75) is 88.9 Å². The number of nitrogens with one attached hydrogen (secondary N) is 1. The molecule has 2 aliphatic heterocycles. The van der Waals surface area contributed by atoms with Gasteiger partial charge in [0.15, 0.2) is 0 Å². The number of piperidine rings is 2. The average Bonchev–Trinajstić information content (AvgIpc) is 2.77. The SMILES string of the molecule is CCC1CCCC1NC1CC2CCCC(C1)N2C. The van der Waals surface area contributed by atoms with Crippen LogP contribution in [-0.2, 0) is 0 Å². The Bertz CT molecular complexity index is 264. The minimum absolute atomic E-state index is 0.814. The van der Waals surface area contributed by atoms with Crippen molar-refractivity contribution in [2.24, 2.45) is 5.92 Å². The number of fused-ring (bicyclic) bond motifs is 2. The van der Waals surface area contributed by atoms with E-state index in [1.165, 1.54) is 57.8 Å². The van der Waals surface area contributed by atoms with Crippen LogP contribution in [0, 0.1) is 5.92 Å². The van der Waals surface area contributed by atoms with E-state index in [-0.39, 0.29) is 0 Å². The fourth-order valence-electron chi connectivity index (χ4n) is 4.80. The Labute approximate surface area is 113 Å². The molecule has 0 aromatic heterocycles. The highest BCUT2D eigenvalue weighted by molar-refractivity contribution is 4.95. The molecule has 0 aromatic rings. The van der Waals surface area contributed by atoms with Gasteiger partial charge >= 0.3 is 0 Å². The van der Waals surface area contributed by atoms with Crippen molar-refractivity contribution in [2.75, 3.05) is 7.05 Å². The third kappa shape index (κ3) is 2.46. The summed E-state index contributed by atoms with van der Waals surface area (Å²) in [6.45, 7) is 2.37. The van der Waals surface area contributed by atoms with Crippen molar-refractivity contribution in [1.82, 2.24) is 10.2 Å². The predicted octanol–water partition coefficient (Wildman–Crippen LogP) is 3.17. The zero-order chi connectivity index (χ0) is 12.5. The molecule has 4 atom stereocenters. The molecule has 1 saturated carbocycles.